The molecule has 0 unspecified atom stereocenters. The maximum absolute atomic E-state index is 13.2. The van der Waals surface area contributed by atoms with Crippen LogP contribution in [0.15, 0.2) is 104 Å². The first-order valence-corrected chi connectivity index (χ1v) is 11.8. The van der Waals surface area contributed by atoms with E-state index < -0.39 is 0 Å². The standard InChI is InChI=1S/C25H19BrN4O2S/c26-19(15-18-9-3-1-4-10-18)16-27-29-23(31)17-33-25-28-22-14-8-7-13-21(22)24(32)30(25)20-11-5-2-6-12-20/h1-16H,17H2,(H,29,31)/b19-15-,27-16+. The molecular weight excluding hydrogens is 500 g/mol. The van der Waals surface area contributed by atoms with Crippen molar-refractivity contribution in [2.75, 3.05) is 5.75 Å². The number of para-hydroxylation sites is 2. The van der Waals surface area contributed by atoms with Crippen molar-refractivity contribution in [1.82, 2.24) is 15.0 Å². The lowest BCUT2D eigenvalue weighted by Gasteiger charge is -2.12. The Bertz CT molecular complexity index is 1390. The third kappa shape index (κ3) is 5.85. The number of thioether (sulfide) groups is 1. The molecule has 1 heterocycles. The van der Waals surface area contributed by atoms with Crippen LogP contribution in [0.2, 0.25) is 0 Å². The Morgan fingerprint density at radius 2 is 1.67 bits per heavy atom. The van der Waals surface area contributed by atoms with Crippen LogP contribution in [-0.4, -0.2) is 27.4 Å². The maximum Gasteiger partial charge on any atom is 0.266 e. The molecule has 0 bridgehead atoms. The summed E-state index contributed by atoms with van der Waals surface area (Å²) in [5.41, 5.74) is 4.62. The van der Waals surface area contributed by atoms with E-state index in [0.717, 1.165) is 10.0 Å². The lowest BCUT2D eigenvalue weighted by molar-refractivity contribution is -0.118. The molecule has 0 saturated carbocycles. The van der Waals surface area contributed by atoms with Crippen LogP contribution in [0.4, 0.5) is 0 Å². The van der Waals surface area contributed by atoms with E-state index in [1.54, 1.807) is 12.1 Å². The summed E-state index contributed by atoms with van der Waals surface area (Å²) in [5.74, 6) is -0.257. The third-order valence-electron chi connectivity index (χ3n) is 4.57. The number of fused-ring (bicyclic) bond motifs is 1. The molecule has 1 N–H and O–H groups in total. The number of aromatic nitrogens is 2. The molecule has 1 aromatic heterocycles. The first-order chi connectivity index (χ1) is 16.1. The second-order valence-corrected chi connectivity index (χ2v) is 8.77. The van der Waals surface area contributed by atoms with Crippen LogP contribution in [0.5, 0.6) is 0 Å². The second-order valence-electron chi connectivity index (χ2n) is 6.91. The summed E-state index contributed by atoms with van der Waals surface area (Å²) < 4.78 is 2.25. The SMILES string of the molecule is O=C(CSc1nc2ccccc2c(=O)n1-c1ccccc1)N/N=C/C(Br)=C/c1ccccc1. The summed E-state index contributed by atoms with van der Waals surface area (Å²) in [5, 5.41) is 4.95. The summed E-state index contributed by atoms with van der Waals surface area (Å²) >= 11 is 4.59. The topological polar surface area (TPSA) is 76.3 Å². The predicted molar refractivity (Wildman–Crippen MR) is 138 cm³/mol. The Labute approximate surface area is 203 Å². The lowest BCUT2D eigenvalue weighted by atomic mass is 10.2. The van der Waals surface area contributed by atoms with Crippen LogP contribution < -0.4 is 11.0 Å². The molecule has 4 aromatic rings. The average molecular weight is 519 g/mol. The van der Waals surface area contributed by atoms with Gasteiger partial charge in [-0.25, -0.2) is 10.4 Å². The van der Waals surface area contributed by atoms with E-state index in [4.69, 9.17) is 0 Å². The first-order valence-electron chi connectivity index (χ1n) is 10.1. The van der Waals surface area contributed by atoms with Crippen LogP contribution in [0.1, 0.15) is 5.56 Å². The van der Waals surface area contributed by atoms with Crippen molar-refractivity contribution in [3.05, 3.63) is 105 Å². The zero-order chi connectivity index (χ0) is 23.0. The van der Waals surface area contributed by atoms with Gasteiger partial charge in [-0.3, -0.25) is 14.2 Å². The Morgan fingerprint density at radius 3 is 2.42 bits per heavy atom. The number of halogens is 1. The normalized spacial score (nSPS) is 11.7. The number of carbonyl (C=O) groups is 1. The number of allylic oxidation sites excluding steroid dienone is 1. The molecular formula is C25H19BrN4O2S. The smallest absolute Gasteiger partial charge is 0.266 e. The Morgan fingerprint density at radius 1 is 1.00 bits per heavy atom. The van der Waals surface area contributed by atoms with Crippen molar-refractivity contribution in [2.24, 2.45) is 5.10 Å². The molecule has 0 aliphatic rings. The van der Waals surface area contributed by atoms with E-state index in [2.05, 4.69) is 31.4 Å². The number of nitrogens with one attached hydrogen (secondary N) is 1. The summed E-state index contributed by atoms with van der Waals surface area (Å²) in [6.07, 6.45) is 3.41. The maximum atomic E-state index is 13.2. The highest BCUT2D eigenvalue weighted by Gasteiger charge is 2.14. The minimum atomic E-state index is -0.307. The van der Waals surface area contributed by atoms with Gasteiger partial charge in [0.2, 0.25) is 0 Å². The fraction of sp³-hybridized carbons (Fsp3) is 0.0400. The number of nitrogens with zero attached hydrogens (tertiary/aromatic N) is 3. The van der Waals surface area contributed by atoms with Crippen molar-refractivity contribution >= 4 is 56.8 Å². The van der Waals surface area contributed by atoms with Gasteiger partial charge in [0.25, 0.3) is 11.5 Å². The molecule has 0 radical (unpaired) electrons. The van der Waals surface area contributed by atoms with Crippen molar-refractivity contribution in [1.29, 1.82) is 0 Å². The van der Waals surface area contributed by atoms with E-state index in [1.165, 1.54) is 22.5 Å². The molecule has 6 nitrogen and oxygen atoms in total. The Balaban J connectivity index is 1.49. The number of hydrogen-bond donors (Lipinski definition) is 1. The molecule has 0 aliphatic heterocycles. The summed E-state index contributed by atoms with van der Waals surface area (Å²) in [4.78, 5) is 30.2. The fourth-order valence-corrected chi connectivity index (χ4v) is 4.26. The van der Waals surface area contributed by atoms with Crippen molar-refractivity contribution in [3.8, 4) is 5.69 Å². The van der Waals surface area contributed by atoms with Gasteiger partial charge in [0, 0.05) is 4.48 Å². The van der Waals surface area contributed by atoms with Crippen LogP contribution in [0.25, 0.3) is 22.7 Å². The van der Waals surface area contributed by atoms with Crippen LogP contribution in [-0.2, 0) is 4.79 Å². The highest BCUT2D eigenvalue weighted by Crippen LogP contribution is 2.21. The third-order valence-corrected chi connectivity index (χ3v) is 5.95. The quantitative estimate of drug-likeness (QED) is 0.161. The first kappa shape index (κ1) is 22.7. The van der Waals surface area contributed by atoms with Crippen molar-refractivity contribution in [3.63, 3.8) is 0 Å². The van der Waals surface area contributed by atoms with Gasteiger partial charge in [0.05, 0.1) is 28.6 Å². The fourth-order valence-electron chi connectivity index (χ4n) is 3.09. The second kappa shape index (κ2) is 10.9. The summed E-state index contributed by atoms with van der Waals surface area (Å²) in [7, 11) is 0. The van der Waals surface area contributed by atoms with Crippen molar-refractivity contribution in [2.45, 2.75) is 5.16 Å². The number of benzene rings is 3. The summed E-state index contributed by atoms with van der Waals surface area (Å²) in [6.45, 7) is 0. The minimum Gasteiger partial charge on any atom is -0.272 e. The minimum absolute atomic E-state index is 0.0506. The molecule has 0 saturated heterocycles. The van der Waals surface area contributed by atoms with E-state index in [1.807, 2.05) is 78.9 Å². The lowest BCUT2D eigenvalue weighted by Crippen LogP contribution is -2.24. The highest BCUT2D eigenvalue weighted by molar-refractivity contribution is 9.12. The van der Waals surface area contributed by atoms with Crippen LogP contribution >= 0.6 is 27.7 Å². The van der Waals surface area contributed by atoms with Gasteiger partial charge in [-0.05, 0) is 51.8 Å². The molecule has 3 aromatic carbocycles. The van der Waals surface area contributed by atoms with E-state index in [0.29, 0.717) is 21.7 Å². The molecule has 0 spiro atoms. The van der Waals surface area contributed by atoms with Gasteiger partial charge >= 0.3 is 0 Å². The Kier molecular flexibility index (Phi) is 7.49. The zero-order valence-corrected chi connectivity index (χ0v) is 19.8. The number of rotatable bonds is 7. The van der Waals surface area contributed by atoms with Gasteiger partial charge in [0.1, 0.15) is 0 Å². The molecule has 0 aliphatic carbocycles. The molecule has 0 atom stereocenters. The number of carbonyl (C=O) groups excluding carboxylic acids is 1. The van der Waals surface area contributed by atoms with Gasteiger partial charge in [-0.2, -0.15) is 5.10 Å². The number of amides is 1. The largest absolute Gasteiger partial charge is 0.272 e. The molecule has 8 heteroatoms. The van der Waals surface area contributed by atoms with Crippen LogP contribution in [0, 0.1) is 0 Å². The van der Waals surface area contributed by atoms with E-state index in [-0.39, 0.29) is 17.2 Å². The molecule has 4 rings (SSSR count). The van der Waals surface area contributed by atoms with Gasteiger partial charge in [-0.1, -0.05) is 72.4 Å². The predicted octanol–water partition coefficient (Wildman–Crippen LogP) is 5.02. The Hall–Kier alpha value is -3.49. The monoisotopic (exact) mass is 518 g/mol. The van der Waals surface area contributed by atoms with Gasteiger partial charge in [-0.15, -0.1) is 0 Å². The number of hydrogen-bond acceptors (Lipinski definition) is 5. The van der Waals surface area contributed by atoms with Gasteiger partial charge < -0.3 is 0 Å². The highest BCUT2D eigenvalue weighted by atomic mass is 79.9. The molecule has 164 valence electrons. The van der Waals surface area contributed by atoms with E-state index >= 15 is 0 Å². The van der Waals surface area contributed by atoms with E-state index in [9.17, 15) is 9.59 Å². The molecule has 1 amide bonds. The molecule has 33 heavy (non-hydrogen) atoms. The van der Waals surface area contributed by atoms with Crippen molar-refractivity contribution < 1.29 is 4.79 Å². The average Bonchev–Trinajstić information content (AvgIpc) is 2.84. The summed E-state index contributed by atoms with van der Waals surface area (Å²) in [6, 6.07) is 26.2. The molecule has 0 fully saturated rings. The van der Waals surface area contributed by atoms with Gasteiger partial charge in [0.15, 0.2) is 5.16 Å². The van der Waals surface area contributed by atoms with Crippen LogP contribution in [0.3, 0.4) is 0 Å². The number of hydrazone groups is 1. The zero-order valence-electron chi connectivity index (χ0n) is 17.4.